The van der Waals surface area contributed by atoms with Gasteiger partial charge in [0.1, 0.15) is 11.1 Å². The topological polar surface area (TPSA) is 53.0 Å². The van der Waals surface area contributed by atoms with Gasteiger partial charge in [-0.05, 0) is 44.7 Å². The van der Waals surface area contributed by atoms with Crippen LogP contribution in [-0.2, 0) is 17.7 Å². The molecule has 3 rings (SSSR count). The number of nitrogens with zero attached hydrogens (tertiary/aromatic N) is 4. The first kappa shape index (κ1) is 23.7. The first-order valence-corrected chi connectivity index (χ1v) is 12.2. The van der Waals surface area contributed by atoms with E-state index in [1.54, 1.807) is 18.4 Å². The third kappa shape index (κ3) is 7.30. The van der Waals surface area contributed by atoms with Crippen molar-refractivity contribution in [2.45, 2.75) is 39.3 Å². The standard InChI is InChI=1S/C24H37N5OS/c1-5-25-24(28(3)17-22-18-31-23(27-22)19(2)30-4)26-15-21-12-14-29(16-21)13-11-20-9-7-6-8-10-20/h6-10,18-19,21H,5,11-17H2,1-4H3,(H,25,26). The zero-order chi connectivity index (χ0) is 22.1. The summed E-state index contributed by atoms with van der Waals surface area (Å²) in [5.74, 6) is 1.59. The van der Waals surface area contributed by atoms with Crippen LogP contribution in [0.3, 0.4) is 0 Å². The fourth-order valence-electron chi connectivity index (χ4n) is 3.88. The molecule has 2 unspecified atom stereocenters. The Morgan fingerprint density at radius 1 is 1.39 bits per heavy atom. The molecule has 1 saturated heterocycles. The van der Waals surface area contributed by atoms with Crippen molar-refractivity contribution in [2.24, 2.45) is 10.9 Å². The molecule has 0 radical (unpaired) electrons. The van der Waals surface area contributed by atoms with Gasteiger partial charge in [-0.2, -0.15) is 0 Å². The van der Waals surface area contributed by atoms with E-state index in [0.717, 1.165) is 55.8 Å². The summed E-state index contributed by atoms with van der Waals surface area (Å²) in [6, 6.07) is 10.8. The van der Waals surface area contributed by atoms with Gasteiger partial charge in [0.05, 0.1) is 12.2 Å². The molecule has 1 aliphatic heterocycles. The highest BCUT2D eigenvalue weighted by molar-refractivity contribution is 7.09. The molecule has 31 heavy (non-hydrogen) atoms. The molecule has 7 heteroatoms. The van der Waals surface area contributed by atoms with Gasteiger partial charge in [-0.1, -0.05) is 30.3 Å². The molecule has 1 fully saturated rings. The first-order chi connectivity index (χ1) is 15.1. The number of thiazole rings is 1. The van der Waals surface area contributed by atoms with Crippen LogP contribution in [0.15, 0.2) is 40.7 Å². The lowest BCUT2D eigenvalue weighted by atomic mass is 10.1. The quantitative estimate of drug-likeness (QED) is 0.447. The van der Waals surface area contributed by atoms with Gasteiger partial charge in [-0.3, -0.25) is 4.99 Å². The lowest BCUT2D eigenvalue weighted by molar-refractivity contribution is 0.119. The van der Waals surface area contributed by atoms with Crippen molar-refractivity contribution in [2.75, 3.05) is 46.9 Å². The van der Waals surface area contributed by atoms with Crippen LogP contribution in [0, 0.1) is 5.92 Å². The molecule has 1 aromatic carbocycles. The molecule has 1 N–H and O–H groups in total. The van der Waals surface area contributed by atoms with Gasteiger partial charge in [0, 0.05) is 45.7 Å². The highest BCUT2D eigenvalue weighted by Gasteiger charge is 2.22. The molecule has 0 bridgehead atoms. The van der Waals surface area contributed by atoms with Crippen LogP contribution >= 0.6 is 11.3 Å². The van der Waals surface area contributed by atoms with Crippen LogP contribution in [-0.4, -0.2) is 67.6 Å². The smallest absolute Gasteiger partial charge is 0.194 e. The molecule has 0 aliphatic carbocycles. The monoisotopic (exact) mass is 443 g/mol. The third-order valence-electron chi connectivity index (χ3n) is 5.80. The summed E-state index contributed by atoms with van der Waals surface area (Å²) < 4.78 is 5.38. The van der Waals surface area contributed by atoms with Gasteiger partial charge in [0.2, 0.25) is 0 Å². The van der Waals surface area contributed by atoms with Gasteiger partial charge in [-0.15, -0.1) is 11.3 Å². The number of methoxy groups -OCH3 is 1. The number of hydrogen-bond acceptors (Lipinski definition) is 5. The minimum Gasteiger partial charge on any atom is -0.375 e. The molecular formula is C24H37N5OS. The van der Waals surface area contributed by atoms with Crippen molar-refractivity contribution in [1.82, 2.24) is 20.1 Å². The average Bonchev–Trinajstić information content (AvgIpc) is 3.45. The molecule has 0 spiro atoms. The van der Waals surface area contributed by atoms with Crippen LogP contribution in [0.25, 0.3) is 0 Å². The van der Waals surface area contributed by atoms with Crippen molar-refractivity contribution in [3.8, 4) is 0 Å². The summed E-state index contributed by atoms with van der Waals surface area (Å²) in [7, 11) is 3.81. The lowest BCUT2D eigenvalue weighted by Crippen LogP contribution is -2.39. The molecule has 0 amide bonds. The molecule has 170 valence electrons. The van der Waals surface area contributed by atoms with E-state index in [-0.39, 0.29) is 6.10 Å². The van der Waals surface area contributed by atoms with E-state index < -0.39 is 0 Å². The average molecular weight is 444 g/mol. The summed E-state index contributed by atoms with van der Waals surface area (Å²) in [6.07, 6.45) is 2.39. The summed E-state index contributed by atoms with van der Waals surface area (Å²) in [4.78, 5) is 14.4. The predicted molar refractivity (Wildman–Crippen MR) is 130 cm³/mol. The van der Waals surface area contributed by atoms with E-state index in [9.17, 15) is 0 Å². The molecule has 1 aliphatic rings. The van der Waals surface area contributed by atoms with Crippen LogP contribution in [0.4, 0.5) is 0 Å². The van der Waals surface area contributed by atoms with E-state index in [1.807, 2.05) is 6.92 Å². The number of guanidine groups is 1. The minimum absolute atomic E-state index is 0.0400. The molecule has 2 heterocycles. The largest absolute Gasteiger partial charge is 0.375 e. The Kier molecular flexibility index (Phi) is 9.31. The number of aliphatic imine (C=N–C) groups is 1. The maximum atomic E-state index is 5.38. The Bertz CT molecular complexity index is 809. The summed E-state index contributed by atoms with van der Waals surface area (Å²) in [5, 5.41) is 6.58. The Labute approximate surface area is 191 Å². The molecule has 2 aromatic rings. The number of rotatable bonds is 10. The fraction of sp³-hybridized carbons (Fsp3) is 0.583. The fourth-order valence-corrected chi connectivity index (χ4v) is 4.72. The second kappa shape index (κ2) is 12.2. The highest BCUT2D eigenvalue weighted by Crippen LogP contribution is 2.21. The molecule has 2 atom stereocenters. The van der Waals surface area contributed by atoms with Crippen LogP contribution in [0.2, 0.25) is 0 Å². The molecular weight excluding hydrogens is 406 g/mol. The summed E-state index contributed by atoms with van der Waals surface area (Å²) in [5.41, 5.74) is 2.48. The van der Waals surface area contributed by atoms with Crippen molar-refractivity contribution >= 4 is 17.3 Å². The Balaban J connectivity index is 1.49. The van der Waals surface area contributed by atoms with Crippen molar-refractivity contribution in [3.63, 3.8) is 0 Å². The van der Waals surface area contributed by atoms with E-state index in [4.69, 9.17) is 14.7 Å². The summed E-state index contributed by atoms with van der Waals surface area (Å²) >= 11 is 1.66. The van der Waals surface area contributed by atoms with Gasteiger partial charge in [0.15, 0.2) is 5.96 Å². The van der Waals surface area contributed by atoms with E-state index >= 15 is 0 Å². The van der Waals surface area contributed by atoms with Gasteiger partial charge < -0.3 is 19.9 Å². The van der Waals surface area contributed by atoms with Gasteiger partial charge in [0.25, 0.3) is 0 Å². The van der Waals surface area contributed by atoms with Crippen molar-refractivity contribution in [1.29, 1.82) is 0 Å². The maximum absolute atomic E-state index is 5.38. The highest BCUT2D eigenvalue weighted by atomic mass is 32.1. The normalized spacial score (nSPS) is 18.3. The second-order valence-corrected chi connectivity index (χ2v) is 9.19. The number of aromatic nitrogens is 1. The summed E-state index contributed by atoms with van der Waals surface area (Å²) in [6.45, 7) is 10.1. The molecule has 6 nitrogen and oxygen atoms in total. The zero-order valence-electron chi connectivity index (χ0n) is 19.4. The van der Waals surface area contributed by atoms with Crippen molar-refractivity contribution < 1.29 is 4.74 Å². The Hall–Kier alpha value is -1.96. The number of nitrogens with one attached hydrogen (secondary N) is 1. The molecule has 0 saturated carbocycles. The third-order valence-corrected chi connectivity index (χ3v) is 6.85. The van der Waals surface area contributed by atoms with Crippen LogP contribution < -0.4 is 5.32 Å². The minimum atomic E-state index is 0.0400. The lowest BCUT2D eigenvalue weighted by Gasteiger charge is -2.22. The number of likely N-dealkylation sites (tertiary alicyclic amines) is 1. The van der Waals surface area contributed by atoms with E-state index in [1.165, 1.54) is 18.5 Å². The zero-order valence-corrected chi connectivity index (χ0v) is 20.2. The number of benzene rings is 1. The van der Waals surface area contributed by atoms with Gasteiger partial charge >= 0.3 is 0 Å². The first-order valence-electron chi connectivity index (χ1n) is 11.3. The van der Waals surface area contributed by atoms with Crippen LogP contribution in [0.5, 0.6) is 0 Å². The van der Waals surface area contributed by atoms with Crippen LogP contribution in [0.1, 0.15) is 42.6 Å². The maximum Gasteiger partial charge on any atom is 0.194 e. The Morgan fingerprint density at radius 2 is 2.19 bits per heavy atom. The number of hydrogen-bond donors (Lipinski definition) is 1. The van der Waals surface area contributed by atoms with Crippen molar-refractivity contribution in [3.05, 3.63) is 52.0 Å². The van der Waals surface area contributed by atoms with E-state index in [0.29, 0.717) is 5.92 Å². The second-order valence-electron chi connectivity index (χ2n) is 8.30. The van der Waals surface area contributed by atoms with Gasteiger partial charge in [-0.25, -0.2) is 4.98 Å². The molecule has 1 aromatic heterocycles. The predicted octanol–water partition coefficient (Wildman–Crippen LogP) is 3.81. The Morgan fingerprint density at radius 3 is 2.94 bits per heavy atom. The number of ether oxygens (including phenoxy) is 1. The van der Waals surface area contributed by atoms with E-state index in [2.05, 4.69) is 64.8 Å². The SMILES string of the molecule is CCNC(=NCC1CCN(CCc2ccccc2)C1)N(C)Cc1csc(C(C)OC)n1.